The number of nitrogens with zero attached hydrogens (tertiary/aromatic N) is 1. The number of benzene rings is 1. The minimum Gasteiger partial charge on any atom is -0.307 e. The molecule has 0 amide bonds. The van der Waals surface area contributed by atoms with E-state index in [0.29, 0.717) is 0 Å². The molecule has 1 atom stereocenters. The molecular formula is C15H25NO9P2. The molecule has 1 aromatic rings. The number of phosphoric acid groups is 1. The molecule has 0 spiro atoms. The summed E-state index contributed by atoms with van der Waals surface area (Å²) >= 11 is 0. The van der Waals surface area contributed by atoms with Gasteiger partial charge >= 0.3 is 15.4 Å². The van der Waals surface area contributed by atoms with Gasteiger partial charge in [0.2, 0.25) is 0 Å². The van der Waals surface area contributed by atoms with Crippen LogP contribution in [0.3, 0.4) is 0 Å². The van der Waals surface area contributed by atoms with Crippen LogP contribution in [0, 0.1) is 10.1 Å². The zero-order valence-electron chi connectivity index (χ0n) is 15.7. The predicted octanol–water partition coefficient (Wildman–Crippen LogP) is 5.06. The molecule has 0 N–H and O–H groups in total. The van der Waals surface area contributed by atoms with Crippen molar-refractivity contribution >= 4 is 21.1 Å². The molecule has 154 valence electrons. The van der Waals surface area contributed by atoms with Crippen molar-refractivity contribution < 1.29 is 36.7 Å². The van der Waals surface area contributed by atoms with Gasteiger partial charge in [-0.2, -0.15) is 0 Å². The van der Waals surface area contributed by atoms with Gasteiger partial charge < -0.3 is 9.05 Å². The van der Waals surface area contributed by atoms with E-state index < -0.39 is 26.2 Å². The van der Waals surface area contributed by atoms with Crippen LogP contribution in [0.5, 0.6) is 0 Å². The van der Waals surface area contributed by atoms with E-state index in [4.69, 9.17) is 22.6 Å². The highest BCUT2D eigenvalue weighted by Crippen LogP contribution is 2.67. The van der Waals surface area contributed by atoms with Crippen LogP contribution in [0.1, 0.15) is 39.1 Å². The minimum atomic E-state index is -4.13. The van der Waals surface area contributed by atoms with E-state index in [1.807, 2.05) is 0 Å². The lowest BCUT2D eigenvalue weighted by Crippen LogP contribution is -2.12. The Morgan fingerprint density at radius 3 is 1.93 bits per heavy atom. The van der Waals surface area contributed by atoms with Gasteiger partial charge in [-0.25, -0.2) is 4.57 Å². The molecule has 27 heavy (non-hydrogen) atoms. The Kier molecular flexibility index (Phi) is 9.76. The number of hydrogen-bond acceptors (Lipinski definition) is 9. The second-order valence-electron chi connectivity index (χ2n) is 4.97. The number of non-ortho nitro benzene ring substituents is 1. The van der Waals surface area contributed by atoms with Crippen LogP contribution in [0.25, 0.3) is 0 Å². The quantitative estimate of drug-likeness (QED) is 0.242. The molecule has 1 unspecified atom stereocenters. The van der Waals surface area contributed by atoms with E-state index >= 15 is 0 Å². The molecule has 0 aromatic heterocycles. The van der Waals surface area contributed by atoms with Crippen LogP contribution >= 0.6 is 15.4 Å². The summed E-state index contributed by atoms with van der Waals surface area (Å²) < 4.78 is 52.4. The fourth-order valence-electron chi connectivity index (χ4n) is 2.16. The maximum atomic E-state index is 13.3. The molecule has 0 fully saturated rings. The van der Waals surface area contributed by atoms with Gasteiger partial charge in [0.15, 0.2) is 5.85 Å². The summed E-state index contributed by atoms with van der Waals surface area (Å²) in [6, 6.07) is 5.23. The zero-order chi connectivity index (χ0) is 20.5. The Bertz CT molecular complexity index is 692. The van der Waals surface area contributed by atoms with E-state index in [9.17, 15) is 19.2 Å². The lowest BCUT2D eigenvalue weighted by atomic mass is 10.2. The van der Waals surface area contributed by atoms with Crippen LogP contribution in [-0.2, 0) is 31.7 Å². The topological polar surface area (TPSA) is 123 Å². The smallest absolute Gasteiger partial charge is 0.307 e. The number of phosphoric ester groups is 1. The van der Waals surface area contributed by atoms with Crippen LogP contribution in [0.2, 0.25) is 0 Å². The van der Waals surface area contributed by atoms with Gasteiger partial charge in [0.1, 0.15) is 0 Å². The minimum absolute atomic E-state index is 0.00646. The first kappa shape index (κ1) is 23.9. The monoisotopic (exact) mass is 425 g/mol. The second-order valence-corrected chi connectivity index (χ2v) is 8.65. The third-order valence-corrected chi connectivity index (χ3v) is 7.07. The van der Waals surface area contributed by atoms with Gasteiger partial charge in [0, 0.05) is 17.7 Å². The number of rotatable bonds is 13. The zero-order valence-corrected chi connectivity index (χ0v) is 17.5. The van der Waals surface area contributed by atoms with Crippen LogP contribution < -0.4 is 0 Å². The molecule has 0 heterocycles. The molecule has 0 aliphatic rings. The summed E-state index contributed by atoms with van der Waals surface area (Å²) in [7, 11) is -8.15. The normalized spacial score (nSPS) is 13.5. The fraction of sp³-hybridized carbons (Fsp3) is 0.600. The van der Waals surface area contributed by atoms with Gasteiger partial charge in [0.25, 0.3) is 5.69 Å². The third-order valence-electron chi connectivity index (χ3n) is 3.07. The van der Waals surface area contributed by atoms with Crippen molar-refractivity contribution in [3.05, 3.63) is 39.9 Å². The van der Waals surface area contributed by atoms with Crippen LogP contribution in [0.15, 0.2) is 24.3 Å². The molecule has 0 saturated carbocycles. The molecule has 0 saturated heterocycles. The van der Waals surface area contributed by atoms with Crippen molar-refractivity contribution in [2.75, 3.05) is 26.4 Å². The summed E-state index contributed by atoms with van der Waals surface area (Å²) in [6.07, 6.45) is 0. The van der Waals surface area contributed by atoms with Crippen molar-refractivity contribution in [3.8, 4) is 0 Å². The molecule has 0 radical (unpaired) electrons. The fourth-order valence-corrected chi connectivity index (χ4v) is 5.76. The first-order chi connectivity index (χ1) is 12.7. The molecule has 0 bridgehead atoms. The molecule has 10 nitrogen and oxygen atoms in total. The average Bonchev–Trinajstić information content (AvgIpc) is 2.60. The largest absolute Gasteiger partial charge is 0.475 e. The summed E-state index contributed by atoms with van der Waals surface area (Å²) in [5, 5.41) is 11.1. The Morgan fingerprint density at radius 1 is 0.963 bits per heavy atom. The molecule has 1 rings (SSSR count). The van der Waals surface area contributed by atoms with Gasteiger partial charge in [-0.05, 0) is 27.7 Å². The summed E-state index contributed by atoms with van der Waals surface area (Å²) in [6.45, 7) is 6.41. The van der Waals surface area contributed by atoms with E-state index in [1.165, 1.54) is 18.2 Å². The van der Waals surface area contributed by atoms with Gasteiger partial charge in [-0.3, -0.25) is 28.3 Å². The maximum Gasteiger partial charge on any atom is 0.475 e. The van der Waals surface area contributed by atoms with Crippen molar-refractivity contribution in [1.29, 1.82) is 0 Å². The highest BCUT2D eigenvalue weighted by atomic mass is 31.2. The third kappa shape index (κ3) is 6.76. The van der Waals surface area contributed by atoms with Crippen molar-refractivity contribution in [3.63, 3.8) is 0 Å². The van der Waals surface area contributed by atoms with Gasteiger partial charge in [-0.15, -0.1) is 0 Å². The lowest BCUT2D eigenvalue weighted by Gasteiger charge is -2.28. The first-order valence-electron chi connectivity index (χ1n) is 8.45. The number of nitro benzene ring substituents is 1. The van der Waals surface area contributed by atoms with Crippen LogP contribution in [-0.4, -0.2) is 31.4 Å². The van der Waals surface area contributed by atoms with E-state index in [2.05, 4.69) is 0 Å². The molecule has 1 aromatic carbocycles. The molecule has 0 aliphatic heterocycles. The average molecular weight is 425 g/mol. The van der Waals surface area contributed by atoms with Crippen molar-refractivity contribution in [2.24, 2.45) is 0 Å². The Balaban J connectivity index is 3.47. The molecular weight excluding hydrogens is 400 g/mol. The summed E-state index contributed by atoms with van der Waals surface area (Å²) in [5.74, 6) is -1.54. The summed E-state index contributed by atoms with van der Waals surface area (Å²) in [5.41, 5.74) is -0.169. The first-order valence-corrected chi connectivity index (χ1v) is 11.5. The standard InChI is InChI=1S/C15H25NO9P2/c1-5-21-26(19,22-6-2)15(25-27(20,23-7-3)24-8-4)13-10-9-11-14(12-13)16(17)18/h9-12,15H,5-8H2,1-4H3. The van der Waals surface area contributed by atoms with E-state index in [-0.39, 0.29) is 37.7 Å². The lowest BCUT2D eigenvalue weighted by molar-refractivity contribution is -0.384. The Hall–Kier alpha value is -1.12. The van der Waals surface area contributed by atoms with Crippen LogP contribution in [0.4, 0.5) is 5.69 Å². The van der Waals surface area contributed by atoms with Crippen molar-refractivity contribution in [1.82, 2.24) is 0 Å². The predicted molar refractivity (Wildman–Crippen MR) is 98.6 cm³/mol. The van der Waals surface area contributed by atoms with Gasteiger partial charge in [0.05, 0.1) is 31.4 Å². The Labute approximate surface area is 158 Å². The SMILES string of the molecule is CCOP(=O)(OCC)OC(c1cccc([N+](=O)[O-])c1)P(=O)(OCC)OCC. The number of nitro groups is 1. The second kappa shape index (κ2) is 11.0. The highest BCUT2D eigenvalue weighted by Gasteiger charge is 2.44. The maximum absolute atomic E-state index is 13.3. The Morgan fingerprint density at radius 2 is 1.48 bits per heavy atom. The van der Waals surface area contributed by atoms with Crippen molar-refractivity contribution in [2.45, 2.75) is 33.5 Å². The van der Waals surface area contributed by atoms with Gasteiger partial charge in [-0.1, -0.05) is 12.1 Å². The molecule has 12 heteroatoms. The highest BCUT2D eigenvalue weighted by molar-refractivity contribution is 7.55. The number of hydrogen-bond donors (Lipinski definition) is 0. The summed E-state index contributed by atoms with van der Waals surface area (Å²) in [4.78, 5) is 10.5. The van der Waals surface area contributed by atoms with E-state index in [0.717, 1.165) is 6.07 Å². The van der Waals surface area contributed by atoms with E-state index in [1.54, 1.807) is 27.7 Å². The molecule has 0 aliphatic carbocycles.